The molecule has 0 fully saturated rings. The first-order valence-corrected chi connectivity index (χ1v) is 6.68. The maximum absolute atomic E-state index is 12.0. The van der Waals surface area contributed by atoms with E-state index < -0.39 is 0 Å². The Morgan fingerprint density at radius 1 is 1.26 bits per heavy atom. The number of halogens is 1. The van der Waals surface area contributed by atoms with Crippen molar-refractivity contribution >= 4 is 21.8 Å². The molecule has 0 bridgehead atoms. The molecule has 0 saturated heterocycles. The molecule has 98 valence electrons. The third kappa shape index (κ3) is 3.35. The van der Waals surface area contributed by atoms with E-state index in [1.165, 1.54) is 6.07 Å². The van der Waals surface area contributed by atoms with Gasteiger partial charge in [-0.05, 0) is 52.2 Å². The normalized spacial score (nSPS) is 10.2. The summed E-state index contributed by atoms with van der Waals surface area (Å²) in [6.45, 7) is 2.48. The van der Waals surface area contributed by atoms with Crippen LogP contribution >= 0.6 is 15.9 Å². The fourth-order valence-corrected chi connectivity index (χ4v) is 1.99. The molecule has 4 heteroatoms. The van der Waals surface area contributed by atoms with Crippen molar-refractivity contribution in [1.29, 1.82) is 0 Å². The van der Waals surface area contributed by atoms with Gasteiger partial charge < -0.3 is 10.4 Å². The molecule has 2 N–H and O–H groups in total. The quantitative estimate of drug-likeness (QED) is 0.911. The minimum Gasteiger partial charge on any atom is -0.507 e. The van der Waals surface area contributed by atoms with Crippen molar-refractivity contribution in [3.63, 3.8) is 0 Å². The van der Waals surface area contributed by atoms with Gasteiger partial charge in [0.1, 0.15) is 5.75 Å². The Morgan fingerprint density at radius 2 is 2.00 bits per heavy atom. The summed E-state index contributed by atoms with van der Waals surface area (Å²) in [6, 6.07) is 12.7. The second-order valence-electron chi connectivity index (χ2n) is 4.28. The number of amides is 1. The lowest BCUT2D eigenvalue weighted by Crippen LogP contribution is -2.23. The van der Waals surface area contributed by atoms with Crippen LogP contribution < -0.4 is 5.32 Å². The number of rotatable bonds is 3. The van der Waals surface area contributed by atoms with Crippen molar-refractivity contribution in [2.24, 2.45) is 0 Å². The van der Waals surface area contributed by atoms with Gasteiger partial charge in [0.25, 0.3) is 5.91 Å². The highest BCUT2D eigenvalue weighted by molar-refractivity contribution is 9.10. The number of benzene rings is 2. The molecule has 0 unspecified atom stereocenters. The van der Waals surface area contributed by atoms with E-state index in [4.69, 9.17) is 0 Å². The number of aryl methyl sites for hydroxylation is 1. The molecule has 0 spiro atoms. The fourth-order valence-electron chi connectivity index (χ4n) is 1.74. The third-order valence-corrected chi connectivity index (χ3v) is 3.58. The SMILES string of the molecule is Cc1ccccc1CNC(=O)c1ccc(Br)c(O)c1. The van der Waals surface area contributed by atoms with Crippen molar-refractivity contribution in [1.82, 2.24) is 5.32 Å². The average Bonchev–Trinajstić information content (AvgIpc) is 2.40. The standard InChI is InChI=1S/C15H14BrNO2/c1-10-4-2-3-5-12(10)9-17-15(19)11-6-7-13(16)14(18)8-11/h2-8,18H,9H2,1H3,(H,17,19). The second kappa shape index (κ2) is 5.89. The number of phenols is 1. The molecular weight excluding hydrogens is 306 g/mol. The van der Waals surface area contributed by atoms with Crippen LogP contribution in [0.1, 0.15) is 21.5 Å². The van der Waals surface area contributed by atoms with Gasteiger partial charge >= 0.3 is 0 Å². The van der Waals surface area contributed by atoms with Crippen molar-refractivity contribution in [2.75, 3.05) is 0 Å². The molecule has 2 aromatic carbocycles. The van der Waals surface area contributed by atoms with Crippen LogP contribution in [0.2, 0.25) is 0 Å². The van der Waals surface area contributed by atoms with Crippen LogP contribution in [0.3, 0.4) is 0 Å². The third-order valence-electron chi connectivity index (χ3n) is 2.91. The van der Waals surface area contributed by atoms with Gasteiger partial charge in [0, 0.05) is 12.1 Å². The molecule has 3 nitrogen and oxygen atoms in total. The summed E-state index contributed by atoms with van der Waals surface area (Å²) in [5, 5.41) is 12.4. The monoisotopic (exact) mass is 319 g/mol. The molecule has 0 aromatic heterocycles. The van der Waals surface area contributed by atoms with E-state index in [9.17, 15) is 9.90 Å². The molecular formula is C15H14BrNO2. The maximum Gasteiger partial charge on any atom is 0.251 e. The van der Waals surface area contributed by atoms with E-state index in [0.717, 1.165) is 11.1 Å². The van der Waals surface area contributed by atoms with E-state index in [1.54, 1.807) is 12.1 Å². The Hall–Kier alpha value is -1.81. The van der Waals surface area contributed by atoms with Crippen molar-refractivity contribution < 1.29 is 9.90 Å². The van der Waals surface area contributed by atoms with Crippen LogP contribution in [0.4, 0.5) is 0 Å². The molecule has 0 aliphatic heterocycles. The lowest BCUT2D eigenvalue weighted by molar-refractivity contribution is 0.0950. The molecule has 0 aliphatic rings. The number of hydrogen-bond acceptors (Lipinski definition) is 2. The molecule has 1 amide bonds. The van der Waals surface area contributed by atoms with E-state index in [-0.39, 0.29) is 11.7 Å². The first-order chi connectivity index (χ1) is 9.08. The van der Waals surface area contributed by atoms with Gasteiger partial charge in [-0.25, -0.2) is 0 Å². The molecule has 2 rings (SSSR count). The van der Waals surface area contributed by atoms with Gasteiger partial charge in [0.2, 0.25) is 0 Å². The van der Waals surface area contributed by atoms with Crippen molar-refractivity contribution in [3.8, 4) is 5.75 Å². The first kappa shape index (κ1) is 13.6. The van der Waals surface area contributed by atoms with E-state index in [0.29, 0.717) is 16.6 Å². The van der Waals surface area contributed by atoms with E-state index in [1.807, 2.05) is 31.2 Å². The number of phenolic OH excluding ortho intramolecular Hbond substituents is 1. The van der Waals surface area contributed by atoms with Gasteiger partial charge in [0.15, 0.2) is 0 Å². The van der Waals surface area contributed by atoms with Crippen LogP contribution in [-0.4, -0.2) is 11.0 Å². The summed E-state index contributed by atoms with van der Waals surface area (Å²) in [6.07, 6.45) is 0. The fraction of sp³-hybridized carbons (Fsp3) is 0.133. The van der Waals surface area contributed by atoms with Gasteiger partial charge in [0.05, 0.1) is 4.47 Å². The molecule has 0 saturated carbocycles. The number of hydrogen-bond donors (Lipinski definition) is 2. The zero-order valence-corrected chi connectivity index (χ0v) is 12.1. The molecule has 2 aromatic rings. The van der Waals surface area contributed by atoms with Crippen LogP contribution in [0.5, 0.6) is 5.75 Å². The number of carbonyl (C=O) groups is 1. The van der Waals surface area contributed by atoms with Gasteiger partial charge in [-0.15, -0.1) is 0 Å². The lowest BCUT2D eigenvalue weighted by Gasteiger charge is -2.08. The molecule has 0 heterocycles. The Morgan fingerprint density at radius 3 is 2.68 bits per heavy atom. The van der Waals surface area contributed by atoms with E-state index >= 15 is 0 Å². The number of carbonyl (C=O) groups excluding carboxylic acids is 1. The predicted octanol–water partition coefficient (Wildman–Crippen LogP) is 3.39. The summed E-state index contributed by atoms with van der Waals surface area (Å²) in [7, 11) is 0. The largest absolute Gasteiger partial charge is 0.507 e. The molecule has 0 atom stereocenters. The molecule has 0 radical (unpaired) electrons. The smallest absolute Gasteiger partial charge is 0.251 e. The van der Waals surface area contributed by atoms with Crippen LogP contribution in [-0.2, 0) is 6.54 Å². The van der Waals surface area contributed by atoms with Crippen molar-refractivity contribution in [3.05, 3.63) is 63.6 Å². The summed E-state index contributed by atoms with van der Waals surface area (Å²) in [5.74, 6) is -0.144. The highest BCUT2D eigenvalue weighted by Crippen LogP contribution is 2.24. The summed E-state index contributed by atoms with van der Waals surface area (Å²) in [4.78, 5) is 12.0. The summed E-state index contributed by atoms with van der Waals surface area (Å²) < 4.78 is 0.572. The van der Waals surface area contributed by atoms with E-state index in [2.05, 4.69) is 21.2 Å². The highest BCUT2D eigenvalue weighted by Gasteiger charge is 2.08. The highest BCUT2D eigenvalue weighted by atomic mass is 79.9. The average molecular weight is 320 g/mol. The summed E-state index contributed by atoms with van der Waals surface area (Å²) in [5.41, 5.74) is 2.66. The minimum absolute atomic E-state index is 0.0588. The topological polar surface area (TPSA) is 49.3 Å². The minimum atomic E-state index is -0.203. The van der Waals surface area contributed by atoms with Crippen LogP contribution in [0.25, 0.3) is 0 Å². The molecule has 19 heavy (non-hydrogen) atoms. The zero-order chi connectivity index (χ0) is 13.8. The Bertz CT molecular complexity index is 611. The number of aromatic hydroxyl groups is 1. The van der Waals surface area contributed by atoms with Crippen LogP contribution in [0, 0.1) is 6.92 Å². The Labute approximate surface area is 120 Å². The van der Waals surface area contributed by atoms with Crippen LogP contribution in [0.15, 0.2) is 46.9 Å². The Balaban J connectivity index is 2.05. The zero-order valence-electron chi connectivity index (χ0n) is 10.5. The number of nitrogens with one attached hydrogen (secondary N) is 1. The van der Waals surface area contributed by atoms with Gasteiger partial charge in [-0.1, -0.05) is 24.3 Å². The molecule has 0 aliphatic carbocycles. The van der Waals surface area contributed by atoms with Crippen molar-refractivity contribution in [2.45, 2.75) is 13.5 Å². The maximum atomic E-state index is 12.0. The first-order valence-electron chi connectivity index (χ1n) is 5.89. The summed E-state index contributed by atoms with van der Waals surface area (Å²) >= 11 is 3.18. The predicted molar refractivity (Wildman–Crippen MR) is 78.2 cm³/mol. The van der Waals surface area contributed by atoms with Gasteiger partial charge in [-0.3, -0.25) is 4.79 Å². The second-order valence-corrected chi connectivity index (χ2v) is 5.13. The lowest BCUT2D eigenvalue weighted by atomic mass is 10.1. The van der Waals surface area contributed by atoms with Gasteiger partial charge in [-0.2, -0.15) is 0 Å². The Kier molecular flexibility index (Phi) is 4.22.